The van der Waals surface area contributed by atoms with Crippen molar-refractivity contribution in [3.63, 3.8) is 0 Å². The maximum absolute atomic E-state index is 5.98. The third kappa shape index (κ3) is 6.04. The number of rotatable bonds is 9. The highest BCUT2D eigenvalue weighted by Gasteiger charge is 2.32. The van der Waals surface area contributed by atoms with Gasteiger partial charge in [0.2, 0.25) is 0 Å². The lowest BCUT2D eigenvalue weighted by Crippen LogP contribution is -2.58. The van der Waals surface area contributed by atoms with Crippen molar-refractivity contribution in [2.75, 3.05) is 45.9 Å². The van der Waals surface area contributed by atoms with Gasteiger partial charge in [0.15, 0.2) is 0 Å². The summed E-state index contributed by atoms with van der Waals surface area (Å²) in [5.41, 5.74) is 7.18. The molecule has 3 N–H and O–H groups in total. The smallest absolute Gasteiger partial charge is 0.0672 e. The van der Waals surface area contributed by atoms with Gasteiger partial charge in [0.25, 0.3) is 0 Å². The summed E-state index contributed by atoms with van der Waals surface area (Å²) in [6.07, 6.45) is 3.52. The number of hydrogen-bond donors (Lipinski definition) is 2. The third-order valence-electron chi connectivity index (χ3n) is 3.84. The molecular weight excluding hydrogens is 238 g/mol. The van der Waals surface area contributed by atoms with Gasteiger partial charge in [-0.1, -0.05) is 19.1 Å². The number of nitrogens with one attached hydrogen (secondary N) is 1. The summed E-state index contributed by atoms with van der Waals surface area (Å²) in [4.78, 5) is 2.53. The van der Waals surface area contributed by atoms with Crippen LogP contribution in [0.25, 0.3) is 0 Å². The molecular formula is C15H31N3O. The van der Waals surface area contributed by atoms with Gasteiger partial charge in [-0.05, 0) is 45.8 Å². The molecule has 0 atom stereocenters. The third-order valence-corrected chi connectivity index (χ3v) is 3.84. The van der Waals surface area contributed by atoms with Gasteiger partial charge in [-0.15, -0.1) is 0 Å². The van der Waals surface area contributed by atoms with Crippen molar-refractivity contribution in [2.24, 2.45) is 5.73 Å². The average Bonchev–Trinajstić information content (AvgIpc) is 2.40. The van der Waals surface area contributed by atoms with Gasteiger partial charge >= 0.3 is 0 Å². The zero-order valence-corrected chi connectivity index (χ0v) is 12.7. The van der Waals surface area contributed by atoms with Gasteiger partial charge < -0.3 is 20.7 Å². The number of nitrogens with two attached hydrogens (primary N) is 1. The Balaban J connectivity index is 2.23. The lowest BCUT2D eigenvalue weighted by atomic mass is 9.87. The van der Waals surface area contributed by atoms with Gasteiger partial charge in [-0.3, -0.25) is 0 Å². The fourth-order valence-corrected chi connectivity index (χ4v) is 2.61. The van der Waals surface area contributed by atoms with Crippen LogP contribution >= 0.6 is 0 Å². The first-order valence-corrected chi connectivity index (χ1v) is 7.51. The van der Waals surface area contributed by atoms with Gasteiger partial charge in [-0.2, -0.15) is 0 Å². The molecule has 0 saturated carbocycles. The van der Waals surface area contributed by atoms with Crippen molar-refractivity contribution in [2.45, 2.75) is 38.6 Å². The van der Waals surface area contributed by atoms with Crippen LogP contribution in [0.4, 0.5) is 0 Å². The van der Waals surface area contributed by atoms with Gasteiger partial charge in [0, 0.05) is 18.6 Å². The minimum absolute atomic E-state index is 0.122. The maximum atomic E-state index is 5.98. The number of ether oxygens (including phenoxy) is 1. The minimum Gasteiger partial charge on any atom is -0.376 e. The molecule has 4 heteroatoms. The van der Waals surface area contributed by atoms with Gasteiger partial charge in [0.1, 0.15) is 0 Å². The summed E-state index contributed by atoms with van der Waals surface area (Å²) in [5.74, 6) is 0. The van der Waals surface area contributed by atoms with Crippen LogP contribution in [0.1, 0.15) is 33.1 Å². The van der Waals surface area contributed by atoms with Crippen molar-refractivity contribution in [3.05, 3.63) is 12.2 Å². The Morgan fingerprint density at radius 1 is 1.42 bits per heavy atom. The van der Waals surface area contributed by atoms with E-state index in [0.717, 1.165) is 44.7 Å². The molecule has 0 aromatic rings. The van der Waals surface area contributed by atoms with Crippen LogP contribution in [0, 0.1) is 0 Å². The topological polar surface area (TPSA) is 50.5 Å². The highest BCUT2D eigenvalue weighted by atomic mass is 16.5. The molecule has 1 heterocycles. The summed E-state index contributed by atoms with van der Waals surface area (Å²) in [5, 5.41) is 3.61. The second-order valence-electron chi connectivity index (χ2n) is 5.76. The lowest BCUT2D eigenvalue weighted by Gasteiger charge is -2.42. The van der Waals surface area contributed by atoms with Crippen LogP contribution in [-0.4, -0.2) is 56.4 Å². The molecule has 19 heavy (non-hydrogen) atoms. The molecule has 0 amide bonds. The molecule has 1 aliphatic heterocycles. The largest absolute Gasteiger partial charge is 0.376 e. The van der Waals surface area contributed by atoms with E-state index in [9.17, 15) is 0 Å². The van der Waals surface area contributed by atoms with Crippen molar-refractivity contribution in [1.82, 2.24) is 10.2 Å². The maximum Gasteiger partial charge on any atom is 0.0672 e. The van der Waals surface area contributed by atoms with Crippen molar-refractivity contribution < 1.29 is 4.74 Å². The van der Waals surface area contributed by atoms with Gasteiger partial charge in [-0.25, -0.2) is 0 Å². The molecule has 4 nitrogen and oxygen atoms in total. The molecule has 0 spiro atoms. The second-order valence-corrected chi connectivity index (χ2v) is 5.76. The van der Waals surface area contributed by atoms with E-state index in [1.54, 1.807) is 0 Å². The van der Waals surface area contributed by atoms with Crippen LogP contribution in [0.3, 0.4) is 0 Å². The normalized spacial score (nSPS) is 19.5. The van der Waals surface area contributed by atoms with E-state index in [1.165, 1.54) is 13.0 Å². The summed E-state index contributed by atoms with van der Waals surface area (Å²) in [6, 6.07) is 0. The fraction of sp³-hybridized carbons (Fsp3) is 0.867. The monoisotopic (exact) mass is 269 g/mol. The Kier molecular flexibility index (Phi) is 7.61. The van der Waals surface area contributed by atoms with E-state index in [4.69, 9.17) is 10.5 Å². The Morgan fingerprint density at radius 3 is 2.63 bits per heavy atom. The molecule has 0 aromatic carbocycles. The summed E-state index contributed by atoms with van der Waals surface area (Å²) in [7, 11) is 0. The van der Waals surface area contributed by atoms with E-state index in [1.807, 2.05) is 6.92 Å². The summed E-state index contributed by atoms with van der Waals surface area (Å²) >= 11 is 0. The Hall–Kier alpha value is -0.420. The number of nitrogens with zero attached hydrogens (tertiary/aromatic N) is 1. The zero-order chi connectivity index (χ0) is 14.1. The number of likely N-dealkylation sites (tertiary alicyclic amines) is 1. The second kappa shape index (κ2) is 8.69. The molecule has 0 unspecified atom stereocenters. The number of piperidine rings is 1. The fourth-order valence-electron chi connectivity index (χ4n) is 2.61. The van der Waals surface area contributed by atoms with E-state index in [2.05, 4.69) is 23.7 Å². The predicted molar refractivity (Wildman–Crippen MR) is 81.4 cm³/mol. The van der Waals surface area contributed by atoms with E-state index >= 15 is 0 Å². The first-order chi connectivity index (χ1) is 9.12. The van der Waals surface area contributed by atoms with E-state index < -0.39 is 0 Å². The predicted octanol–water partition coefficient (Wildman–Crippen LogP) is 1.37. The van der Waals surface area contributed by atoms with E-state index in [-0.39, 0.29) is 5.54 Å². The average molecular weight is 269 g/mol. The molecule has 1 saturated heterocycles. The SMILES string of the molecule is C=C(C)COCCNC1(CN)CCN(CCC)CC1. The quantitative estimate of drug-likeness (QED) is 0.490. The Bertz CT molecular complexity index is 260. The van der Waals surface area contributed by atoms with E-state index in [0.29, 0.717) is 13.2 Å². The van der Waals surface area contributed by atoms with Crippen LogP contribution in [0.5, 0.6) is 0 Å². The molecule has 0 aliphatic carbocycles. The van der Waals surface area contributed by atoms with Gasteiger partial charge in [0.05, 0.1) is 13.2 Å². The molecule has 0 aromatic heterocycles. The molecule has 0 bridgehead atoms. The molecule has 112 valence electrons. The van der Waals surface area contributed by atoms with Crippen LogP contribution in [0.15, 0.2) is 12.2 Å². The lowest BCUT2D eigenvalue weighted by molar-refractivity contribution is 0.115. The highest BCUT2D eigenvalue weighted by molar-refractivity contribution is 4.94. The molecule has 1 rings (SSSR count). The number of hydrogen-bond acceptors (Lipinski definition) is 4. The van der Waals surface area contributed by atoms with Crippen molar-refractivity contribution in [3.8, 4) is 0 Å². The highest BCUT2D eigenvalue weighted by Crippen LogP contribution is 2.21. The summed E-state index contributed by atoms with van der Waals surface area (Å²) < 4.78 is 5.52. The molecule has 1 fully saturated rings. The first-order valence-electron chi connectivity index (χ1n) is 7.51. The Morgan fingerprint density at radius 2 is 2.11 bits per heavy atom. The van der Waals surface area contributed by atoms with Crippen LogP contribution in [-0.2, 0) is 4.74 Å². The summed E-state index contributed by atoms with van der Waals surface area (Å²) in [6.45, 7) is 14.5. The van der Waals surface area contributed by atoms with Crippen LogP contribution in [0.2, 0.25) is 0 Å². The van der Waals surface area contributed by atoms with Crippen molar-refractivity contribution in [1.29, 1.82) is 0 Å². The standard InChI is InChI=1S/C15H31N3O/c1-4-8-18-9-5-15(13-16,6-10-18)17-7-11-19-12-14(2)3/h17H,2,4-13,16H2,1,3H3. The molecule has 0 radical (unpaired) electrons. The van der Waals surface area contributed by atoms with Crippen molar-refractivity contribution >= 4 is 0 Å². The zero-order valence-electron chi connectivity index (χ0n) is 12.7. The first kappa shape index (κ1) is 16.6. The minimum atomic E-state index is 0.122. The Labute approximate surface area is 118 Å². The molecule has 1 aliphatic rings. The van der Waals surface area contributed by atoms with Crippen LogP contribution < -0.4 is 11.1 Å².